The molecule has 0 radical (unpaired) electrons. The molecule has 0 fully saturated rings. The summed E-state index contributed by atoms with van der Waals surface area (Å²) >= 11 is 0. The number of nitrogen functional groups attached to an aromatic ring is 1. The predicted octanol–water partition coefficient (Wildman–Crippen LogP) is 5.95. The van der Waals surface area contributed by atoms with Crippen LogP contribution in [0.4, 0.5) is 5.69 Å². The normalized spacial score (nSPS) is 10.8. The van der Waals surface area contributed by atoms with Gasteiger partial charge in [0.05, 0.1) is 40.9 Å². The Balaban J connectivity index is 1.90. The lowest BCUT2D eigenvalue weighted by Crippen LogP contribution is -2.27. The number of esters is 1. The molecule has 0 saturated heterocycles. The quantitative estimate of drug-likeness (QED) is 0.151. The number of carbonyl (C=O) groups excluding carboxylic acids is 1. The van der Waals surface area contributed by atoms with Crippen molar-refractivity contribution >= 4 is 22.4 Å². The number of ether oxygens (including phenoxy) is 6. The number of aromatic nitrogens is 1. The fraction of sp³-hybridized carbons (Fsp3) is 0.200. The molecule has 0 spiro atoms. The molecule has 5 rings (SSSR count). The van der Waals surface area contributed by atoms with Crippen LogP contribution in [0, 0.1) is 6.92 Å². The minimum atomic E-state index is -0.742. The number of rotatable bonds is 10. The standard InChI is InChI=1S/C35H34N2O8/c1-20-8-7-9-21(14-20)19-45-28-18-26-25(17-27(28)40-2)31(22-15-29(41-3)33(43-5)30(16-22)42-4)32(35(39)44-6)37(34(26)38)24-12-10-23(36)11-13-24/h7-18H,19,36H2,1-6H3. The number of hydrogen-bond acceptors (Lipinski definition) is 9. The van der Waals surface area contributed by atoms with Gasteiger partial charge in [-0.2, -0.15) is 0 Å². The number of fused-ring (bicyclic) bond motifs is 1. The molecule has 0 unspecified atom stereocenters. The van der Waals surface area contributed by atoms with Gasteiger partial charge in [0.1, 0.15) is 12.3 Å². The van der Waals surface area contributed by atoms with Crippen LogP contribution < -0.4 is 35.0 Å². The zero-order valence-corrected chi connectivity index (χ0v) is 25.9. The Morgan fingerprint density at radius 1 is 0.756 bits per heavy atom. The number of nitrogens with two attached hydrogens (primary N) is 1. The Bertz CT molecular complexity index is 1920. The van der Waals surface area contributed by atoms with E-state index in [1.54, 1.807) is 48.5 Å². The second kappa shape index (κ2) is 12.9. The predicted molar refractivity (Wildman–Crippen MR) is 172 cm³/mol. The lowest BCUT2D eigenvalue weighted by Gasteiger charge is -2.21. The molecule has 232 valence electrons. The average molecular weight is 611 g/mol. The van der Waals surface area contributed by atoms with Crippen LogP contribution in [0.5, 0.6) is 28.7 Å². The molecular formula is C35H34N2O8. The number of pyridine rings is 1. The number of aryl methyl sites for hydroxylation is 1. The first-order valence-corrected chi connectivity index (χ1v) is 14.0. The van der Waals surface area contributed by atoms with Crippen LogP contribution in [-0.4, -0.2) is 46.1 Å². The fourth-order valence-corrected chi connectivity index (χ4v) is 5.32. The molecule has 2 N–H and O–H groups in total. The molecule has 5 aromatic rings. The second-order valence-corrected chi connectivity index (χ2v) is 10.2. The summed E-state index contributed by atoms with van der Waals surface area (Å²) in [4.78, 5) is 28.1. The monoisotopic (exact) mass is 610 g/mol. The van der Waals surface area contributed by atoms with Gasteiger partial charge in [0.15, 0.2) is 23.0 Å². The summed E-state index contributed by atoms with van der Waals surface area (Å²) in [5, 5.41) is 0.685. The van der Waals surface area contributed by atoms with E-state index >= 15 is 0 Å². The van der Waals surface area contributed by atoms with Crippen LogP contribution >= 0.6 is 0 Å². The van der Waals surface area contributed by atoms with Gasteiger partial charge >= 0.3 is 5.97 Å². The maximum absolute atomic E-state index is 14.4. The zero-order chi connectivity index (χ0) is 32.2. The topological polar surface area (TPSA) is 120 Å². The van der Waals surface area contributed by atoms with Crippen molar-refractivity contribution in [3.63, 3.8) is 0 Å². The first-order valence-electron chi connectivity index (χ1n) is 14.0. The van der Waals surface area contributed by atoms with Crippen molar-refractivity contribution in [2.24, 2.45) is 0 Å². The number of hydrogen-bond donors (Lipinski definition) is 1. The van der Waals surface area contributed by atoms with Gasteiger partial charge in [-0.3, -0.25) is 9.36 Å². The summed E-state index contributed by atoms with van der Waals surface area (Å²) in [6, 6.07) is 21.3. The number of nitrogens with zero attached hydrogens (tertiary/aromatic N) is 1. The highest BCUT2D eigenvalue weighted by molar-refractivity contribution is 6.08. The molecule has 4 aromatic carbocycles. The highest BCUT2D eigenvalue weighted by Gasteiger charge is 2.28. The minimum absolute atomic E-state index is 0.0236. The smallest absolute Gasteiger partial charge is 0.355 e. The molecule has 0 atom stereocenters. The molecule has 1 heterocycles. The van der Waals surface area contributed by atoms with E-state index in [1.807, 2.05) is 31.2 Å². The third-order valence-corrected chi connectivity index (χ3v) is 7.43. The summed E-state index contributed by atoms with van der Waals surface area (Å²) in [5.74, 6) is 1.05. The van der Waals surface area contributed by atoms with E-state index < -0.39 is 11.5 Å². The van der Waals surface area contributed by atoms with Gasteiger partial charge in [0.25, 0.3) is 5.56 Å². The van der Waals surface area contributed by atoms with E-state index in [-0.39, 0.29) is 17.7 Å². The van der Waals surface area contributed by atoms with E-state index in [0.717, 1.165) is 11.1 Å². The van der Waals surface area contributed by atoms with Crippen molar-refractivity contribution in [1.82, 2.24) is 4.57 Å². The van der Waals surface area contributed by atoms with Gasteiger partial charge in [0, 0.05) is 22.3 Å². The van der Waals surface area contributed by atoms with Crippen LogP contribution in [0.1, 0.15) is 21.6 Å². The molecule has 0 saturated carbocycles. The summed E-state index contributed by atoms with van der Waals surface area (Å²) < 4.78 is 35.3. The Labute approximate surface area is 260 Å². The van der Waals surface area contributed by atoms with Crippen LogP contribution in [0.15, 0.2) is 77.6 Å². The van der Waals surface area contributed by atoms with Crippen molar-refractivity contribution in [3.05, 3.63) is 100.0 Å². The van der Waals surface area contributed by atoms with Crippen LogP contribution in [0.3, 0.4) is 0 Å². The van der Waals surface area contributed by atoms with Gasteiger partial charge in [-0.25, -0.2) is 4.79 Å². The molecule has 0 bridgehead atoms. The molecular weight excluding hydrogens is 576 g/mol. The second-order valence-electron chi connectivity index (χ2n) is 10.2. The maximum atomic E-state index is 14.4. The summed E-state index contributed by atoms with van der Waals surface area (Å²) in [7, 11) is 7.26. The molecule has 0 aliphatic carbocycles. The van der Waals surface area contributed by atoms with Gasteiger partial charge in [-0.1, -0.05) is 29.8 Å². The number of anilines is 1. The third-order valence-electron chi connectivity index (χ3n) is 7.43. The first kappa shape index (κ1) is 30.8. The molecule has 10 heteroatoms. The SMILES string of the molecule is COC(=O)c1c(-c2cc(OC)c(OC)c(OC)c2)c2cc(OC)c(OCc3cccc(C)c3)cc2c(=O)n1-c1ccc(N)cc1. The van der Waals surface area contributed by atoms with Crippen LogP contribution in [0.25, 0.3) is 27.6 Å². The highest BCUT2D eigenvalue weighted by Crippen LogP contribution is 2.45. The lowest BCUT2D eigenvalue weighted by atomic mass is 9.95. The van der Waals surface area contributed by atoms with Crippen molar-refractivity contribution in [2.75, 3.05) is 41.3 Å². The van der Waals surface area contributed by atoms with Crippen LogP contribution in [0.2, 0.25) is 0 Å². The number of carbonyl (C=O) groups is 1. The van der Waals surface area contributed by atoms with Crippen molar-refractivity contribution in [1.29, 1.82) is 0 Å². The fourth-order valence-electron chi connectivity index (χ4n) is 5.32. The van der Waals surface area contributed by atoms with E-state index in [9.17, 15) is 9.59 Å². The molecule has 0 aliphatic heterocycles. The van der Waals surface area contributed by atoms with Crippen molar-refractivity contribution < 1.29 is 33.2 Å². The number of methoxy groups -OCH3 is 5. The van der Waals surface area contributed by atoms with Gasteiger partial charge < -0.3 is 34.2 Å². The van der Waals surface area contributed by atoms with E-state index in [4.69, 9.17) is 34.2 Å². The Morgan fingerprint density at radius 2 is 1.40 bits per heavy atom. The van der Waals surface area contributed by atoms with Gasteiger partial charge in [-0.15, -0.1) is 0 Å². The molecule has 1 aromatic heterocycles. The molecule has 45 heavy (non-hydrogen) atoms. The lowest BCUT2D eigenvalue weighted by molar-refractivity contribution is 0.0591. The summed E-state index contributed by atoms with van der Waals surface area (Å²) in [6.45, 7) is 2.25. The third kappa shape index (κ3) is 5.82. The van der Waals surface area contributed by atoms with Gasteiger partial charge in [0.2, 0.25) is 5.75 Å². The Hall–Kier alpha value is -5.64. The molecule has 0 aliphatic rings. The molecule has 0 amide bonds. The van der Waals surface area contributed by atoms with Crippen molar-refractivity contribution in [3.8, 4) is 45.6 Å². The van der Waals surface area contributed by atoms with E-state index in [2.05, 4.69) is 0 Å². The zero-order valence-electron chi connectivity index (χ0n) is 25.9. The first-order chi connectivity index (χ1) is 21.7. The van der Waals surface area contributed by atoms with E-state index in [0.29, 0.717) is 56.6 Å². The van der Waals surface area contributed by atoms with Crippen LogP contribution in [-0.2, 0) is 11.3 Å². The largest absolute Gasteiger partial charge is 0.493 e. The maximum Gasteiger partial charge on any atom is 0.355 e. The number of benzene rings is 4. The molecule has 10 nitrogen and oxygen atoms in total. The highest BCUT2D eigenvalue weighted by atomic mass is 16.5. The summed E-state index contributed by atoms with van der Waals surface area (Å²) in [6.07, 6.45) is 0. The van der Waals surface area contributed by atoms with E-state index in [1.165, 1.54) is 40.1 Å². The summed E-state index contributed by atoms with van der Waals surface area (Å²) in [5.41, 5.74) is 9.28. The van der Waals surface area contributed by atoms with Gasteiger partial charge in [-0.05, 0) is 66.6 Å². The van der Waals surface area contributed by atoms with Crippen molar-refractivity contribution in [2.45, 2.75) is 13.5 Å². The Morgan fingerprint density at radius 3 is 1.98 bits per heavy atom. The minimum Gasteiger partial charge on any atom is -0.493 e. The average Bonchev–Trinajstić information content (AvgIpc) is 3.06. The Kier molecular flexibility index (Phi) is 8.85.